The number of nitrogens with zero attached hydrogens (tertiary/aromatic N) is 2. The van der Waals surface area contributed by atoms with Crippen LogP contribution < -0.4 is 9.64 Å². The van der Waals surface area contributed by atoms with Gasteiger partial charge in [0.2, 0.25) is 5.91 Å². The molecule has 0 aliphatic carbocycles. The minimum absolute atomic E-state index is 0.0192. The van der Waals surface area contributed by atoms with E-state index in [1.54, 1.807) is 16.9 Å². The Morgan fingerprint density at radius 3 is 2.44 bits per heavy atom. The Morgan fingerprint density at radius 1 is 1.06 bits per heavy atom. The summed E-state index contributed by atoms with van der Waals surface area (Å²) in [6.07, 6.45) is 2.40. The van der Waals surface area contributed by atoms with Crippen LogP contribution in [0.5, 0.6) is 5.75 Å². The first-order valence-corrected chi connectivity index (χ1v) is 12.0. The van der Waals surface area contributed by atoms with Crippen LogP contribution in [0.2, 0.25) is 0 Å². The van der Waals surface area contributed by atoms with Crippen molar-refractivity contribution in [1.29, 1.82) is 0 Å². The zero-order valence-corrected chi connectivity index (χ0v) is 20.2. The zero-order chi connectivity index (χ0) is 24.5. The maximum atomic E-state index is 13.3. The van der Waals surface area contributed by atoms with Gasteiger partial charge in [0.15, 0.2) is 6.61 Å². The van der Waals surface area contributed by atoms with E-state index in [1.165, 1.54) is 0 Å². The zero-order valence-electron chi connectivity index (χ0n) is 20.2. The first-order chi connectivity index (χ1) is 16.5. The fourth-order valence-corrected chi connectivity index (χ4v) is 4.52. The summed E-state index contributed by atoms with van der Waals surface area (Å²) in [7, 11) is 1.58. The summed E-state index contributed by atoms with van der Waals surface area (Å²) in [5.41, 5.74) is 1.54. The number of piperidine rings is 1. The Bertz CT molecular complexity index is 978. The van der Waals surface area contributed by atoms with Gasteiger partial charge in [-0.2, -0.15) is 0 Å². The van der Waals surface area contributed by atoms with E-state index in [2.05, 4.69) is 6.92 Å². The van der Waals surface area contributed by atoms with E-state index in [1.807, 2.05) is 61.5 Å². The van der Waals surface area contributed by atoms with E-state index in [-0.39, 0.29) is 24.8 Å². The van der Waals surface area contributed by atoms with Crippen LogP contribution in [0.25, 0.3) is 0 Å². The van der Waals surface area contributed by atoms with Crippen LogP contribution in [0, 0.1) is 5.92 Å². The smallest absolute Gasteiger partial charge is 0.311 e. The van der Waals surface area contributed by atoms with Gasteiger partial charge in [-0.05, 0) is 38.0 Å². The van der Waals surface area contributed by atoms with Gasteiger partial charge in [-0.15, -0.1) is 0 Å². The number of carbonyl (C=O) groups excluding carboxylic acids is 3. The first-order valence-electron chi connectivity index (χ1n) is 12.0. The Balaban J connectivity index is 1.81. The number of para-hydroxylation sites is 2. The van der Waals surface area contributed by atoms with Crippen LogP contribution in [0.15, 0.2) is 54.6 Å². The van der Waals surface area contributed by atoms with E-state index in [9.17, 15) is 14.4 Å². The molecule has 0 bridgehead atoms. The average molecular weight is 467 g/mol. The molecule has 1 fully saturated rings. The summed E-state index contributed by atoms with van der Waals surface area (Å²) in [4.78, 5) is 42.4. The standard InChI is InChI=1S/C27H34N2O5/c1-4-6-18-29-24(30)17-16-22(26(29)21-14-10-11-15-23(21)33-3)27(32)34-19-25(31)28(5-2)20-12-8-7-9-13-20/h7-15,22,26H,4-6,16-19H2,1-3H3. The van der Waals surface area contributed by atoms with Crippen molar-refractivity contribution < 1.29 is 23.9 Å². The number of esters is 1. The lowest BCUT2D eigenvalue weighted by molar-refractivity contribution is -0.159. The molecule has 2 amide bonds. The maximum absolute atomic E-state index is 13.3. The number of methoxy groups -OCH3 is 1. The second kappa shape index (κ2) is 12.2. The second-order valence-electron chi connectivity index (χ2n) is 8.35. The number of anilines is 1. The Hall–Kier alpha value is -3.35. The Kier molecular flexibility index (Phi) is 9.08. The van der Waals surface area contributed by atoms with E-state index < -0.39 is 17.9 Å². The molecule has 2 aromatic carbocycles. The molecule has 0 saturated carbocycles. The minimum Gasteiger partial charge on any atom is -0.496 e. The van der Waals surface area contributed by atoms with Crippen LogP contribution in [0.1, 0.15) is 51.1 Å². The number of carbonyl (C=O) groups is 3. The molecule has 1 aliphatic rings. The van der Waals surface area contributed by atoms with Crippen LogP contribution >= 0.6 is 0 Å². The number of hydrogen-bond acceptors (Lipinski definition) is 5. The average Bonchev–Trinajstić information content (AvgIpc) is 2.87. The molecule has 0 N–H and O–H groups in total. The predicted octanol–water partition coefficient (Wildman–Crippen LogP) is 4.37. The normalized spacial score (nSPS) is 17.9. The quantitative estimate of drug-likeness (QED) is 0.486. The second-order valence-corrected chi connectivity index (χ2v) is 8.35. The molecular weight excluding hydrogens is 432 g/mol. The summed E-state index contributed by atoms with van der Waals surface area (Å²) >= 11 is 0. The van der Waals surface area contributed by atoms with Crippen LogP contribution in [-0.4, -0.2) is 49.5 Å². The molecular formula is C27H34N2O5. The van der Waals surface area contributed by atoms with E-state index in [0.717, 1.165) is 24.1 Å². The fourth-order valence-electron chi connectivity index (χ4n) is 4.52. The highest BCUT2D eigenvalue weighted by Crippen LogP contribution is 2.41. The van der Waals surface area contributed by atoms with Gasteiger partial charge < -0.3 is 19.3 Å². The summed E-state index contributed by atoms with van der Waals surface area (Å²) in [6, 6.07) is 16.3. The highest BCUT2D eigenvalue weighted by atomic mass is 16.5. The van der Waals surface area contributed by atoms with Crippen molar-refractivity contribution in [1.82, 2.24) is 4.90 Å². The van der Waals surface area contributed by atoms with Crippen molar-refractivity contribution in [3.63, 3.8) is 0 Å². The molecule has 7 heteroatoms. The van der Waals surface area contributed by atoms with Crippen molar-refractivity contribution in [2.75, 3.05) is 31.7 Å². The maximum Gasteiger partial charge on any atom is 0.311 e. The number of unbranched alkanes of at least 4 members (excludes halogenated alkanes) is 1. The molecule has 1 heterocycles. The third-order valence-corrected chi connectivity index (χ3v) is 6.24. The van der Waals surface area contributed by atoms with Gasteiger partial charge in [0.1, 0.15) is 5.75 Å². The molecule has 0 aromatic heterocycles. The number of likely N-dealkylation sites (N-methyl/N-ethyl adjacent to an activating group) is 1. The summed E-state index contributed by atoms with van der Waals surface area (Å²) < 4.78 is 11.1. The van der Waals surface area contributed by atoms with Crippen LogP contribution in [0.4, 0.5) is 5.69 Å². The Labute approximate surface area is 201 Å². The SMILES string of the molecule is CCCCN1C(=O)CCC(C(=O)OCC(=O)N(CC)c2ccccc2)C1c1ccccc1OC. The molecule has 2 aromatic rings. The number of amides is 2. The van der Waals surface area contributed by atoms with Crippen molar-refractivity contribution in [3.8, 4) is 5.75 Å². The molecule has 34 heavy (non-hydrogen) atoms. The minimum atomic E-state index is -0.578. The highest BCUT2D eigenvalue weighted by Gasteiger charge is 2.42. The van der Waals surface area contributed by atoms with Crippen molar-refractivity contribution in [2.45, 2.75) is 45.6 Å². The van der Waals surface area contributed by atoms with E-state index in [0.29, 0.717) is 25.3 Å². The molecule has 1 saturated heterocycles. The molecule has 0 radical (unpaired) electrons. The van der Waals surface area contributed by atoms with Crippen molar-refractivity contribution >= 4 is 23.5 Å². The van der Waals surface area contributed by atoms with Crippen molar-refractivity contribution in [2.24, 2.45) is 5.92 Å². The van der Waals surface area contributed by atoms with Gasteiger partial charge in [-0.3, -0.25) is 14.4 Å². The molecule has 7 nitrogen and oxygen atoms in total. The third-order valence-electron chi connectivity index (χ3n) is 6.24. The predicted molar refractivity (Wildman–Crippen MR) is 131 cm³/mol. The molecule has 1 aliphatic heterocycles. The van der Waals surface area contributed by atoms with Gasteiger partial charge in [0.05, 0.1) is 19.1 Å². The molecule has 182 valence electrons. The summed E-state index contributed by atoms with van der Waals surface area (Å²) in [5.74, 6) is -0.692. The van der Waals surface area contributed by atoms with Crippen LogP contribution in [0.3, 0.4) is 0 Å². The number of ether oxygens (including phenoxy) is 2. The number of hydrogen-bond donors (Lipinski definition) is 0. The Morgan fingerprint density at radius 2 is 1.76 bits per heavy atom. The van der Waals surface area contributed by atoms with E-state index in [4.69, 9.17) is 9.47 Å². The lowest BCUT2D eigenvalue weighted by Crippen LogP contribution is -2.46. The van der Waals surface area contributed by atoms with Gasteiger partial charge in [-0.1, -0.05) is 49.7 Å². The highest BCUT2D eigenvalue weighted by molar-refractivity contribution is 5.95. The fraction of sp³-hybridized carbons (Fsp3) is 0.444. The van der Waals surface area contributed by atoms with E-state index >= 15 is 0 Å². The van der Waals surface area contributed by atoms with Gasteiger partial charge in [-0.25, -0.2) is 0 Å². The van der Waals surface area contributed by atoms with Crippen LogP contribution in [-0.2, 0) is 19.1 Å². The molecule has 0 spiro atoms. The molecule has 3 rings (SSSR count). The summed E-state index contributed by atoms with van der Waals surface area (Å²) in [6.45, 7) is 4.61. The third kappa shape index (κ3) is 5.76. The van der Waals surface area contributed by atoms with Gasteiger partial charge in [0.25, 0.3) is 5.91 Å². The number of rotatable bonds is 10. The van der Waals surface area contributed by atoms with Gasteiger partial charge in [0, 0.05) is 30.8 Å². The lowest BCUT2D eigenvalue weighted by Gasteiger charge is -2.41. The number of benzene rings is 2. The van der Waals surface area contributed by atoms with Gasteiger partial charge >= 0.3 is 5.97 Å². The van der Waals surface area contributed by atoms with Crippen molar-refractivity contribution in [3.05, 3.63) is 60.2 Å². The summed E-state index contributed by atoms with van der Waals surface area (Å²) in [5, 5.41) is 0. The topological polar surface area (TPSA) is 76.2 Å². The monoisotopic (exact) mass is 466 g/mol. The number of likely N-dealkylation sites (tertiary alicyclic amines) is 1. The first kappa shape index (κ1) is 25.3. The molecule has 2 unspecified atom stereocenters. The molecule has 2 atom stereocenters. The largest absolute Gasteiger partial charge is 0.496 e. The lowest BCUT2D eigenvalue weighted by atomic mass is 9.83.